The second-order valence-corrected chi connectivity index (χ2v) is 3.79. The number of thioether (sulfide) groups is 1. The largest absolute Gasteiger partial charge is 0.480 e. The summed E-state index contributed by atoms with van der Waals surface area (Å²) in [6.07, 6.45) is 1.65. The highest BCUT2D eigenvalue weighted by atomic mass is 32.2. The maximum atomic E-state index is 10.6. The molecule has 0 aliphatic rings. The van der Waals surface area contributed by atoms with Gasteiger partial charge in [0.15, 0.2) is 0 Å². The lowest BCUT2D eigenvalue weighted by Gasteiger charge is -2.09. The topological polar surface area (TPSA) is 46.5 Å². The van der Waals surface area contributed by atoms with Crippen molar-refractivity contribution in [3.8, 4) is 0 Å². The minimum atomic E-state index is -0.710. The Morgan fingerprint density at radius 2 is 2.33 bits per heavy atom. The van der Waals surface area contributed by atoms with Crippen molar-refractivity contribution >= 4 is 17.7 Å². The number of carbonyl (C=O) groups is 1. The van der Waals surface area contributed by atoms with Gasteiger partial charge >= 0.3 is 5.97 Å². The average molecular weight is 192 g/mol. The van der Waals surface area contributed by atoms with E-state index >= 15 is 0 Å². The summed E-state index contributed by atoms with van der Waals surface area (Å²) in [6, 6.07) is 0. The summed E-state index contributed by atoms with van der Waals surface area (Å²) >= 11 is 1.45. The van der Waals surface area contributed by atoms with E-state index in [-0.39, 0.29) is 5.25 Å². The van der Waals surface area contributed by atoms with Crippen LogP contribution in [0.3, 0.4) is 0 Å². The number of carboxylic acids is 1. The third-order valence-corrected chi connectivity index (χ3v) is 2.67. The van der Waals surface area contributed by atoms with E-state index in [0.29, 0.717) is 6.61 Å². The summed E-state index contributed by atoms with van der Waals surface area (Å²) in [5.74, 6) is 0.0472. The molecule has 0 amide bonds. The molecule has 12 heavy (non-hydrogen) atoms. The van der Waals surface area contributed by atoms with Crippen LogP contribution in [0.2, 0.25) is 0 Å². The van der Waals surface area contributed by atoms with E-state index in [1.165, 1.54) is 11.8 Å². The Morgan fingerprint density at radius 3 is 2.75 bits per heavy atom. The van der Waals surface area contributed by atoms with Crippen molar-refractivity contribution in [3.05, 3.63) is 0 Å². The molecular formula is C8H16O3S. The number of hydrogen-bond donors (Lipinski definition) is 1. The summed E-state index contributed by atoms with van der Waals surface area (Å²) in [7, 11) is 1.62. The van der Waals surface area contributed by atoms with Crippen LogP contribution in [0.1, 0.15) is 19.8 Å². The summed E-state index contributed by atoms with van der Waals surface area (Å²) in [5, 5.41) is 8.48. The van der Waals surface area contributed by atoms with Gasteiger partial charge in [0.2, 0.25) is 0 Å². The third-order valence-electron chi connectivity index (χ3n) is 1.43. The molecule has 3 nitrogen and oxygen atoms in total. The predicted molar refractivity (Wildman–Crippen MR) is 50.7 cm³/mol. The van der Waals surface area contributed by atoms with Crippen molar-refractivity contribution < 1.29 is 14.6 Å². The van der Waals surface area contributed by atoms with Crippen molar-refractivity contribution in [2.24, 2.45) is 0 Å². The normalized spacial score (nSPS) is 12.8. The summed E-state index contributed by atoms with van der Waals surface area (Å²) < 4.78 is 4.84. The van der Waals surface area contributed by atoms with Crippen molar-refractivity contribution in [3.63, 3.8) is 0 Å². The molecule has 0 aromatic rings. The van der Waals surface area contributed by atoms with Crippen LogP contribution in [0.15, 0.2) is 0 Å². The Kier molecular flexibility index (Phi) is 7.29. The molecule has 0 bridgehead atoms. The maximum Gasteiger partial charge on any atom is 0.316 e. The van der Waals surface area contributed by atoms with E-state index in [1.807, 2.05) is 6.92 Å². The highest BCUT2D eigenvalue weighted by Gasteiger charge is 2.15. The molecular weight excluding hydrogens is 176 g/mol. The van der Waals surface area contributed by atoms with Gasteiger partial charge in [0, 0.05) is 12.9 Å². The first-order chi connectivity index (χ1) is 5.72. The molecule has 0 saturated carbocycles. The van der Waals surface area contributed by atoms with E-state index < -0.39 is 5.97 Å². The molecule has 0 radical (unpaired) electrons. The Bertz CT molecular complexity index is 127. The molecule has 72 valence electrons. The second kappa shape index (κ2) is 7.43. The van der Waals surface area contributed by atoms with Gasteiger partial charge in [0.1, 0.15) is 5.25 Å². The average Bonchev–Trinajstić information content (AvgIpc) is 2.03. The van der Waals surface area contributed by atoms with E-state index in [0.717, 1.165) is 18.6 Å². The zero-order valence-electron chi connectivity index (χ0n) is 7.58. The smallest absolute Gasteiger partial charge is 0.316 e. The number of rotatable bonds is 7. The molecule has 1 unspecified atom stereocenters. The van der Waals surface area contributed by atoms with Crippen LogP contribution in [-0.4, -0.2) is 35.8 Å². The maximum absolute atomic E-state index is 10.6. The molecule has 0 fully saturated rings. The molecule has 0 aliphatic carbocycles. The van der Waals surface area contributed by atoms with Crippen molar-refractivity contribution in [1.82, 2.24) is 0 Å². The van der Waals surface area contributed by atoms with Crippen LogP contribution < -0.4 is 0 Å². The zero-order valence-corrected chi connectivity index (χ0v) is 8.39. The van der Waals surface area contributed by atoms with Gasteiger partial charge in [-0.3, -0.25) is 4.79 Å². The number of carboxylic acid groups (broad SMARTS) is 1. The molecule has 0 aliphatic heterocycles. The molecule has 0 aromatic carbocycles. The predicted octanol–water partition coefficient (Wildman–Crippen LogP) is 1.62. The van der Waals surface area contributed by atoms with Crippen molar-refractivity contribution in [2.45, 2.75) is 25.0 Å². The monoisotopic (exact) mass is 192 g/mol. The number of methoxy groups -OCH3 is 1. The molecule has 4 heteroatoms. The van der Waals surface area contributed by atoms with E-state index in [4.69, 9.17) is 9.84 Å². The standard InChI is InChI=1S/C8H16O3S/c1-3-4-7(8(9)10)12-6-5-11-2/h7H,3-6H2,1-2H3,(H,9,10). The van der Waals surface area contributed by atoms with Gasteiger partial charge in [-0.1, -0.05) is 13.3 Å². The fraction of sp³-hybridized carbons (Fsp3) is 0.875. The number of ether oxygens (including phenoxy) is 1. The number of aliphatic carboxylic acids is 1. The first-order valence-corrected chi connectivity index (χ1v) is 5.10. The van der Waals surface area contributed by atoms with Crippen LogP contribution in [0.25, 0.3) is 0 Å². The Balaban J connectivity index is 3.56. The Labute approximate surface area is 77.5 Å². The van der Waals surface area contributed by atoms with E-state index in [1.54, 1.807) is 7.11 Å². The van der Waals surface area contributed by atoms with Crippen molar-refractivity contribution in [2.75, 3.05) is 19.5 Å². The Hall–Kier alpha value is -0.220. The highest BCUT2D eigenvalue weighted by Crippen LogP contribution is 2.16. The summed E-state index contributed by atoms with van der Waals surface area (Å²) in [6.45, 7) is 2.62. The van der Waals surface area contributed by atoms with Gasteiger partial charge in [-0.25, -0.2) is 0 Å². The van der Waals surface area contributed by atoms with Gasteiger partial charge < -0.3 is 9.84 Å². The second-order valence-electron chi connectivity index (χ2n) is 2.48. The van der Waals surface area contributed by atoms with Crippen LogP contribution in [0, 0.1) is 0 Å². The lowest BCUT2D eigenvalue weighted by molar-refractivity contribution is -0.136. The fourth-order valence-electron chi connectivity index (χ4n) is 0.814. The quantitative estimate of drug-likeness (QED) is 0.623. The number of hydrogen-bond acceptors (Lipinski definition) is 3. The van der Waals surface area contributed by atoms with Crippen molar-refractivity contribution in [1.29, 1.82) is 0 Å². The first-order valence-electron chi connectivity index (χ1n) is 4.05. The Morgan fingerprint density at radius 1 is 1.67 bits per heavy atom. The minimum absolute atomic E-state index is 0.259. The molecule has 0 aromatic heterocycles. The lowest BCUT2D eigenvalue weighted by Crippen LogP contribution is -2.17. The third kappa shape index (κ3) is 5.43. The van der Waals surface area contributed by atoms with Gasteiger partial charge in [0.05, 0.1) is 6.61 Å². The SMILES string of the molecule is CCCC(SCCOC)C(=O)O. The van der Waals surface area contributed by atoms with E-state index in [2.05, 4.69) is 0 Å². The van der Waals surface area contributed by atoms with Gasteiger partial charge in [-0.15, -0.1) is 11.8 Å². The molecule has 1 N–H and O–H groups in total. The summed E-state index contributed by atoms with van der Waals surface area (Å²) in [4.78, 5) is 10.6. The van der Waals surface area contributed by atoms with Gasteiger partial charge in [-0.2, -0.15) is 0 Å². The molecule has 0 rings (SSSR count). The molecule has 0 saturated heterocycles. The fourth-order valence-corrected chi connectivity index (χ4v) is 1.91. The lowest BCUT2D eigenvalue weighted by atomic mass is 10.2. The van der Waals surface area contributed by atoms with Gasteiger partial charge in [-0.05, 0) is 6.42 Å². The van der Waals surface area contributed by atoms with Gasteiger partial charge in [0.25, 0.3) is 0 Å². The van der Waals surface area contributed by atoms with E-state index in [9.17, 15) is 4.79 Å². The zero-order chi connectivity index (χ0) is 9.40. The first kappa shape index (κ1) is 11.8. The summed E-state index contributed by atoms with van der Waals surface area (Å²) in [5.41, 5.74) is 0. The van der Waals surface area contributed by atoms with Crippen LogP contribution in [-0.2, 0) is 9.53 Å². The molecule has 0 heterocycles. The molecule has 1 atom stereocenters. The minimum Gasteiger partial charge on any atom is -0.480 e. The van der Waals surface area contributed by atoms with Crippen LogP contribution >= 0.6 is 11.8 Å². The highest BCUT2D eigenvalue weighted by molar-refractivity contribution is 8.00. The van der Waals surface area contributed by atoms with Crippen LogP contribution in [0.4, 0.5) is 0 Å². The molecule has 0 spiro atoms. The van der Waals surface area contributed by atoms with Crippen LogP contribution in [0.5, 0.6) is 0 Å².